The molecule has 0 saturated carbocycles. The topological polar surface area (TPSA) is 56.7 Å². The maximum absolute atomic E-state index is 5.33. The van der Waals surface area contributed by atoms with Gasteiger partial charge in [0.05, 0.1) is 12.0 Å². The van der Waals surface area contributed by atoms with E-state index in [1.807, 2.05) is 43.3 Å². The standard InChI is InChI=1S/C12H10N4O/c1-9-13-14-15-16(9)11-6-4-10(5-7-11)12-3-2-8-17-12/h2-8H,1H3. The molecule has 0 radical (unpaired) electrons. The zero-order valence-corrected chi connectivity index (χ0v) is 9.24. The zero-order valence-electron chi connectivity index (χ0n) is 9.24. The minimum Gasteiger partial charge on any atom is -0.464 e. The van der Waals surface area contributed by atoms with Gasteiger partial charge in [-0.2, -0.15) is 4.68 Å². The molecule has 2 heterocycles. The van der Waals surface area contributed by atoms with E-state index < -0.39 is 0 Å². The number of aryl methyl sites for hydroxylation is 1. The highest BCUT2D eigenvalue weighted by atomic mass is 16.3. The first-order valence-corrected chi connectivity index (χ1v) is 5.24. The summed E-state index contributed by atoms with van der Waals surface area (Å²) in [6, 6.07) is 11.7. The lowest BCUT2D eigenvalue weighted by Gasteiger charge is -2.02. The monoisotopic (exact) mass is 226 g/mol. The van der Waals surface area contributed by atoms with Gasteiger partial charge in [-0.05, 0) is 53.7 Å². The molecule has 17 heavy (non-hydrogen) atoms. The molecule has 0 unspecified atom stereocenters. The Labute approximate surface area is 97.7 Å². The molecule has 1 aromatic carbocycles. The third-order valence-electron chi connectivity index (χ3n) is 2.54. The molecule has 5 nitrogen and oxygen atoms in total. The minimum atomic E-state index is 0.760. The number of benzene rings is 1. The summed E-state index contributed by atoms with van der Waals surface area (Å²) in [5, 5.41) is 11.4. The van der Waals surface area contributed by atoms with Crippen LogP contribution < -0.4 is 0 Å². The van der Waals surface area contributed by atoms with Crippen LogP contribution in [0.4, 0.5) is 0 Å². The van der Waals surface area contributed by atoms with Gasteiger partial charge in [0.2, 0.25) is 0 Å². The molecule has 3 rings (SSSR count). The van der Waals surface area contributed by atoms with E-state index >= 15 is 0 Å². The van der Waals surface area contributed by atoms with Crippen LogP contribution in [0.25, 0.3) is 17.0 Å². The predicted octanol–water partition coefficient (Wildman–Crippen LogP) is 2.23. The number of hydrogen-bond donors (Lipinski definition) is 0. The van der Waals surface area contributed by atoms with E-state index in [4.69, 9.17) is 4.42 Å². The molecular weight excluding hydrogens is 216 g/mol. The molecule has 0 amide bonds. The van der Waals surface area contributed by atoms with Gasteiger partial charge >= 0.3 is 0 Å². The largest absolute Gasteiger partial charge is 0.464 e. The van der Waals surface area contributed by atoms with E-state index in [1.54, 1.807) is 10.9 Å². The second-order valence-electron chi connectivity index (χ2n) is 3.66. The Morgan fingerprint density at radius 2 is 1.94 bits per heavy atom. The lowest BCUT2D eigenvalue weighted by molar-refractivity contribution is 0.582. The summed E-state index contributed by atoms with van der Waals surface area (Å²) in [5.41, 5.74) is 1.97. The van der Waals surface area contributed by atoms with Crippen molar-refractivity contribution in [3.63, 3.8) is 0 Å². The second-order valence-corrected chi connectivity index (χ2v) is 3.66. The molecule has 0 spiro atoms. The molecule has 0 bridgehead atoms. The molecule has 5 heteroatoms. The molecule has 0 fully saturated rings. The van der Waals surface area contributed by atoms with Crippen LogP contribution >= 0.6 is 0 Å². The number of rotatable bonds is 2. The minimum absolute atomic E-state index is 0.760. The Kier molecular flexibility index (Phi) is 2.22. The van der Waals surface area contributed by atoms with Crippen molar-refractivity contribution < 1.29 is 4.42 Å². The average Bonchev–Trinajstić information content (AvgIpc) is 3.00. The highest BCUT2D eigenvalue weighted by molar-refractivity contribution is 5.58. The second kappa shape index (κ2) is 3.86. The van der Waals surface area contributed by atoms with E-state index in [1.165, 1.54) is 0 Å². The summed E-state index contributed by atoms with van der Waals surface area (Å²) in [5.74, 6) is 1.61. The van der Waals surface area contributed by atoms with Crippen molar-refractivity contribution in [3.05, 3.63) is 48.5 Å². The van der Waals surface area contributed by atoms with Gasteiger partial charge in [0.1, 0.15) is 5.76 Å². The summed E-state index contributed by atoms with van der Waals surface area (Å²) >= 11 is 0. The lowest BCUT2D eigenvalue weighted by atomic mass is 10.1. The molecule has 0 aliphatic carbocycles. The predicted molar refractivity (Wildman–Crippen MR) is 61.6 cm³/mol. The fourth-order valence-corrected chi connectivity index (χ4v) is 1.68. The van der Waals surface area contributed by atoms with Crippen molar-refractivity contribution >= 4 is 0 Å². The van der Waals surface area contributed by atoms with Gasteiger partial charge in [0.25, 0.3) is 0 Å². The number of aromatic nitrogens is 4. The quantitative estimate of drug-likeness (QED) is 0.672. The maximum atomic E-state index is 5.33. The van der Waals surface area contributed by atoms with Gasteiger partial charge in [0.15, 0.2) is 5.82 Å². The van der Waals surface area contributed by atoms with E-state index in [0.29, 0.717) is 0 Å². The number of hydrogen-bond acceptors (Lipinski definition) is 4. The summed E-state index contributed by atoms with van der Waals surface area (Å²) in [7, 11) is 0. The van der Waals surface area contributed by atoms with Crippen molar-refractivity contribution in [2.45, 2.75) is 6.92 Å². The molecule has 0 atom stereocenters. The molecule has 3 aromatic rings. The first-order valence-electron chi connectivity index (χ1n) is 5.24. The molecule has 84 valence electrons. The lowest BCUT2D eigenvalue weighted by Crippen LogP contribution is -1.98. The Balaban J connectivity index is 1.99. The molecule has 0 aliphatic rings. The van der Waals surface area contributed by atoms with Crippen LogP contribution in [0.3, 0.4) is 0 Å². The summed E-state index contributed by atoms with van der Waals surface area (Å²) in [4.78, 5) is 0. The normalized spacial score (nSPS) is 10.6. The Morgan fingerprint density at radius 3 is 2.53 bits per heavy atom. The molecule has 0 saturated heterocycles. The van der Waals surface area contributed by atoms with Crippen LogP contribution in [-0.2, 0) is 0 Å². The SMILES string of the molecule is Cc1nnnn1-c1ccc(-c2ccco2)cc1. The van der Waals surface area contributed by atoms with Crippen LogP contribution in [-0.4, -0.2) is 20.2 Å². The molecule has 2 aromatic heterocycles. The van der Waals surface area contributed by atoms with E-state index in [-0.39, 0.29) is 0 Å². The first-order chi connectivity index (χ1) is 8.34. The van der Waals surface area contributed by atoms with Gasteiger partial charge in [-0.3, -0.25) is 0 Å². The van der Waals surface area contributed by atoms with E-state index in [0.717, 1.165) is 22.8 Å². The van der Waals surface area contributed by atoms with Crippen LogP contribution in [0.15, 0.2) is 47.1 Å². The van der Waals surface area contributed by atoms with Crippen LogP contribution in [0, 0.1) is 6.92 Å². The summed E-state index contributed by atoms with van der Waals surface area (Å²) in [6.07, 6.45) is 1.66. The first kappa shape index (κ1) is 9.77. The van der Waals surface area contributed by atoms with Crippen LogP contribution in [0.1, 0.15) is 5.82 Å². The Morgan fingerprint density at radius 1 is 1.12 bits per heavy atom. The van der Waals surface area contributed by atoms with Gasteiger partial charge in [0, 0.05) is 5.56 Å². The fraction of sp³-hybridized carbons (Fsp3) is 0.0833. The maximum Gasteiger partial charge on any atom is 0.153 e. The summed E-state index contributed by atoms with van der Waals surface area (Å²) in [6.45, 7) is 1.86. The highest BCUT2D eigenvalue weighted by Gasteiger charge is 2.04. The fourth-order valence-electron chi connectivity index (χ4n) is 1.68. The van der Waals surface area contributed by atoms with Gasteiger partial charge in [-0.15, -0.1) is 5.10 Å². The van der Waals surface area contributed by atoms with Crippen molar-refractivity contribution in [1.29, 1.82) is 0 Å². The smallest absolute Gasteiger partial charge is 0.153 e. The number of furan rings is 1. The van der Waals surface area contributed by atoms with Gasteiger partial charge in [-0.25, -0.2) is 0 Å². The Hall–Kier alpha value is -2.43. The zero-order chi connectivity index (χ0) is 11.7. The van der Waals surface area contributed by atoms with Crippen LogP contribution in [0.2, 0.25) is 0 Å². The summed E-state index contributed by atoms with van der Waals surface area (Å²) < 4.78 is 7.01. The average molecular weight is 226 g/mol. The van der Waals surface area contributed by atoms with E-state index in [2.05, 4.69) is 15.5 Å². The molecule has 0 aliphatic heterocycles. The van der Waals surface area contributed by atoms with E-state index in [9.17, 15) is 0 Å². The number of nitrogens with zero attached hydrogens (tertiary/aromatic N) is 4. The van der Waals surface area contributed by atoms with Crippen molar-refractivity contribution in [2.75, 3.05) is 0 Å². The van der Waals surface area contributed by atoms with Crippen LogP contribution in [0.5, 0.6) is 0 Å². The van der Waals surface area contributed by atoms with Gasteiger partial charge < -0.3 is 4.42 Å². The van der Waals surface area contributed by atoms with Crippen molar-refractivity contribution in [3.8, 4) is 17.0 Å². The number of tetrazole rings is 1. The molecule has 0 N–H and O–H groups in total. The highest BCUT2D eigenvalue weighted by Crippen LogP contribution is 2.21. The third-order valence-corrected chi connectivity index (χ3v) is 2.54. The van der Waals surface area contributed by atoms with Crippen molar-refractivity contribution in [2.24, 2.45) is 0 Å². The van der Waals surface area contributed by atoms with Crippen molar-refractivity contribution in [1.82, 2.24) is 20.2 Å². The molecular formula is C12H10N4O. The third kappa shape index (κ3) is 1.71. The van der Waals surface area contributed by atoms with Gasteiger partial charge in [-0.1, -0.05) is 0 Å². The Bertz CT molecular complexity index is 610.